The summed E-state index contributed by atoms with van der Waals surface area (Å²) in [5.41, 5.74) is 0. The molecule has 0 rings (SSSR count). The van der Waals surface area contributed by atoms with Crippen molar-refractivity contribution < 1.29 is 42.9 Å². The van der Waals surface area contributed by atoms with Crippen molar-refractivity contribution in [3.63, 3.8) is 0 Å². The van der Waals surface area contributed by atoms with E-state index >= 15 is 0 Å². The molecule has 0 radical (unpaired) electrons. The molecule has 0 aliphatic heterocycles. The molecular weight excluding hydrogens is 1080 g/mol. The Kier molecular flexibility index (Phi) is 62.1. The van der Waals surface area contributed by atoms with Gasteiger partial charge in [0.2, 0.25) is 0 Å². The van der Waals surface area contributed by atoms with Gasteiger partial charge in [0.1, 0.15) is 13.2 Å². The summed E-state index contributed by atoms with van der Waals surface area (Å²) in [6.45, 7) is 4.47. The molecule has 0 fully saturated rings. The number of esters is 2. The number of aliphatic carboxylic acids is 1. The van der Waals surface area contributed by atoms with E-state index in [-0.39, 0.29) is 38.6 Å². The van der Waals surface area contributed by atoms with Crippen LogP contribution in [0.25, 0.3) is 0 Å². The van der Waals surface area contributed by atoms with E-state index in [2.05, 4.69) is 196 Å². The lowest BCUT2D eigenvalue weighted by atomic mass is 10.1. The minimum atomic E-state index is -1.64. The highest BCUT2D eigenvalue weighted by molar-refractivity contribution is 5.70. The number of quaternary nitrogens is 1. The first-order valence-electron chi connectivity index (χ1n) is 33.9. The Bertz CT molecular complexity index is 2080. The second kappa shape index (κ2) is 66.3. The number of allylic oxidation sites excluding steroid dienone is 30. The van der Waals surface area contributed by atoms with E-state index in [0.717, 1.165) is 154 Å². The number of likely N-dealkylation sites (N-methyl/N-ethyl adjacent to an activating group) is 1. The van der Waals surface area contributed by atoms with Crippen LogP contribution in [0, 0.1) is 0 Å². The zero-order chi connectivity index (χ0) is 63.3. The average Bonchev–Trinajstić information content (AvgIpc) is 3.55. The number of rotatable bonds is 60. The zero-order valence-corrected chi connectivity index (χ0v) is 55.6. The molecule has 9 nitrogen and oxygen atoms in total. The van der Waals surface area contributed by atoms with Crippen LogP contribution in [0.5, 0.6) is 0 Å². The highest BCUT2D eigenvalue weighted by Gasteiger charge is 2.22. The molecule has 2 unspecified atom stereocenters. The molecule has 0 saturated carbocycles. The van der Waals surface area contributed by atoms with Gasteiger partial charge in [-0.15, -0.1) is 0 Å². The molecule has 0 aliphatic carbocycles. The minimum Gasteiger partial charge on any atom is -0.545 e. The molecular formula is C78H123NO8. The number of hydrogen-bond donors (Lipinski definition) is 0. The molecule has 9 heteroatoms. The van der Waals surface area contributed by atoms with Crippen molar-refractivity contribution in [1.82, 2.24) is 0 Å². The maximum absolute atomic E-state index is 12.9. The Balaban J connectivity index is 4.23. The molecule has 0 saturated heterocycles. The van der Waals surface area contributed by atoms with E-state index in [9.17, 15) is 19.5 Å². The minimum absolute atomic E-state index is 0.134. The predicted molar refractivity (Wildman–Crippen MR) is 370 cm³/mol. The van der Waals surface area contributed by atoms with Crippen LogP contribution in [0.3, 0.4) is 0 Å². The molecule has 0 bridgehead atoms. The lowest BCUT2D eigenvalue weighted by Crippen LogP contribution is -2.44. The van der Waals surface area contributed by atoms with Crippen molar-refractivity contribution in [2.75, 3.05) is 47.5 Å². The lowest BCUT2D eigenvalue weighted by Gasteiger charge is -2.26. The number of ether oxygens (including phenoxy) is 4. The number of carboxylic acid groups (broad SMARTS) is 1. The Morgan fingerprint density at radius 3 is 0.920 bits per heavy atom. The fraction of sp³-hybridized carbons (Fsp3) is 0.577. The molecule has 0 spiro atoms. The number of unbranched alkanes of at least 4 members (excludes halogenated alkanes) is 15. The quantitative estimate of drug-likeness (QED) is 0.0195. The highest BCUT2D eigenvalue weighted by Crippen LogP contribution is 2.14. The SMILES string of the molecule is CC/C=C\C/C=C\C/C=C\C/C=C\C/C=C\C/C=C\C/C=C\C/C=C\C/C=C\C/C=C\CCCCCCCCCCC(=O)OC(COC(=O)CCCCCCCCC/C=C\C/C=C\C/C=C\C/C=C\C/C=C\CC)COC(OCC[N+](C)(C)C)C(=O)[O-]. The summed E-state index contributed by atoms with van der Waals surface area (Å²) >= 11 is 0. The van der Waals surface area contributed by atoms with Crippen molar-refractivity contribution in [1.29, 1.82) is 0 Å². The molecule has 0 heterocycles. The molecule has 0 N–H and O–H groups in total. The fourth-order valence-corrected chi connectivity index (χ4v) is 8.53. The highest BCUT2D eigenvalue weighted by atomic mass is 16.7. The van der Waals surface area contributed by atoms with Crippen molar-refractivity contribution in [2.45, 2.75) is 245 Å². The van der Waals surface area contributed by atoms with Gasteiger partial charge in [-0.3, -0.25) is 9.59 Å². The third-order valence-corrected chi connectivity index (χ3v) is 13.6. The van der Waals surface area contributed by atoms with Crippen LogP contribution in [-0.4, -0.2) is 82.3 Å². The largest absolute Gasteiger partial charge is 0.545 e. The second-order valence-electron chi connectivity index (χ2n) is 23.0. The third-order valence-electron chi connectivity index (χ3n) is 13.6. The second-order valence-corrected chi connectivity index (χ2v) is 23.0. The first-order valence-corrected chi connectivity index (χ1v) is 33.9. The number of carboxylic acids is 1. The summed E-state index contributed by atoms with van der Waals surface area (Å²) in [5.74, 6) is -2.33. The normalized spacial score (nSPS) is 13.9. The van der Waals surface area contributed by atoms with Gasteiger partial charge in [-0.25, -0.2) is 0 Å². The number of hydrogen-bond acceptors (Lipinski definition) is 8. The van der Waals surface area contributed by atoms with Crippen LogP contribution in [0.2, 0.25) is 0 Å². The van der Waals surface area contributed by atoms with Crippen molar-refractivity contribution in [3.05, 3.63) is 182 Å². The topological polar surface area (TPSA) is 111 Å². The standard InChI is InChI=1S/C78H123NO8/c1-6-8-10-12-14-16-18-20-22-24-26-28-30-31-32-33-34-35-36-37-38-39-40-41-42-43-44-45-47-49-51-53-55-57-59-61-63-65-67-69-76(81)87-74(73-86-78(77(82)83)84-71-70-79(3,4)5)72-85-75(80)68-66-64-62-60-58-56-54-52-50-48-46-29-27-25-23-21-19-17-15-13-11-9-7-2/h8-11,14-17,20-23,26-29,31-32,34-35,37-38,40-41,43-44,47-50,74,78H,6-7,12-13,18-19,24-25,30,33,36,39,42,45-46,51-73H2,1-5H3/b10-8-,11-9-,16-14-,17-15-,22-20-,23-21-,28-26-,29-27-,32-31-,35-34-,38-37-,41-40-,44-43-,49-47-,50-48-. The van der Waals surface area contributed by atoms with Gasteiger partial charge in [0, 0.05) is 12.8 Å². The third kappa shape index (κ3) is 67.8. The Morgan fingerprint density at radius 2 is 0.621 bits per heavy atom. The van der Waals surface area contributed by atoms with Crippen LogP contribution >= 0.6 is 0 Å². The summed E-state index contributed by atoms with van der Waals surface area (Å²) < 4.78 is 22.7. The van der Waals surface area contributed by atoms with Gasteiger partial charge in [0.25, 0.3) is 0 Å². The van der Waals surface area contributed by atoms with Gasteiger partial charge in [-0.05, 0) is 135 Å². The zero-order valence-electron chi connectivity index (χ0n) is 55.6. The van der Waals surface area contributed by atoms with Crippen molar-refractivity contribution in [3.8, 4) is 0 Å². The maximum Gasteiger partial charge on any atom is 0.306 e. The van der Waals surface area contributed by atoms with E-state index in [1.165, 1.54) is 44.9 Å². The fourth-order valence-electron chi connectivity index (χ4n) is 8.53. The summed E-state index contributed by atoms with van der Waals surface area (Å²) in [7, 11) is 5.91. The van der Waals surface area contributed by atoms with Crippen LogP contribution in [0.15, 0.2) is 182 Å². The molecule has 0 aromatic carbocycles. The van der Waals surface area contributed by atoms with Crippen LogP contribution in [0.4, 0.5) is 0 Å². The first-order chi connectivity index (χ1) is 42.6. The molecule has 0 aromatic heterocycles. The smallest absolute Gasteiger partial charge is 0.306 e. The molecule has 0 amide bonds. The monoisotopic (exact) mass is 1200 g/mol. The molecule has 488 valence electrons. The molecule has 0 aliphatic rings. The van der Waals surface area contributed by atoms with E-state index in [1.807, 2.05) is 21.1 Å². The van der Waals surface area contributed by atoms with Crippen LogP contribution in [0.1, 0.15) is 232 Å². The number of carbonyl (C=O) groups is 3. The maximum atomic E-state index is 12.9. The van der Waals surface area contributed by atoms with Gasteiger partial charge in [-0.2, -0.15) is 0 Å². The summed E-state index contributed by atoms with van der Waals surface area (Å²) in [5, 5.41) is 11.8. The first kappa shape index (κ1) is 81.4. The van der Waals surface area contributed by atoms with E-state index in [0.29, 0.717) is 17.4 Å². The number of carbonyl (C=O) groups excluding carboxylic acids is 3. The molecule has 0 aromatic rings. The van der Waals surface area contributed by atoms with Gasteiger partial charge in [0.15, 0.2) is 12.4 Å². The summed E-state index contributed by atoms with van der Waals surface area (Å²) in [4.78, 5) is 37.5. The summed E-state index contributed by atoms with van der Waals surface area (Å²) in [6, 6.07) is 0. The van der Waals surface area contributed by atoms with Gasteiger partial charge >= 0.3 is 11.9 Å². The van der Waals surface area contributed by atoms with Crippen LogP contribution < -0.4 is 5.11 Å². The van der Waals surface area contributed by atoms with Crippen molar-refractivity contribution in [2.24, 2.45) is 0 Å². The van der Waals surface area contributed by atoms with Gasteiger partial charge in [-0.1, -0.05) is 267 Å². The van der Waals surface area contributed by atoms with Gasteiger partial charge in [0.05, 0.1) is 40.3 Å². The molecule has 87 heavy (non-hydrogen) atoms. The summed E-state index contributed by atoms with van der Waals surface area (Å²) in [6.07, 6.45) is 98.1. The number of nitrogens with zero attached hydrogens (tertiary/aromatic N) is 1. The Morgan fingerprint density at radius 1 is 0.345 bits per heavy atom. The Hall–Kier alpha value is -5.61. The predicted octanol–water partition coefficient (Wildman–Crippen LogP) is 19.9. The lowest BCUT2D eigenvalue weighted by molar-refractivity contribution is -0.870. The Labute approximate surface area is 532 Å². The van der Waals surface area contributed by atoms with E-state index < -0.39 is 24.3 Å². The van der Waals surface area contributed by atoms with E-state index in [1.54, 1.807) is 0 Å². The molecule has 2 atom stereocenters. The van der Waals surface area contributed by atoms with E-state index in [4.69, 9.17) is 18.9 Å². The average molecular weight is 1200 g/mol. The van der Waals surface area contributed by atoms with Crippen molar-refractivity contribution >= 4 is 17.9 Å². The van der Waals surface area contributed by atoms with Crippen LogP contribution in [-0.2, 0) is 33.3 Å². The van der Waals surface area contributed by atoms with Gasteiger partial charge < -0.3 is 33.3 Å².